The van der Waals surface area contributed by atoms with E-state index in [4.69, 9.17) is 5.11 Å². The number of carbonyl (C=O) groups excluding carboxylic acids is 1. The van der Waals surface area contributed by atoms with Crippen molar-refractivity contribution in [3.8, 4) is 0 Å². The topological polar surface area (TPSA) is 60.9 Å². The number of piperidine rings is 1. The molecular weight excluding hydrogens is 240 g/mol. The van der Waals surface area contributed by atoms with E-state index in [2.05, 4.69) is 0 Å². The van der Waals surface area contributed by atoms with E-state index in [1.54, 1.807) is 9.80 Å². The molecule has 2 aliphatic rings. The lowest BCUT2D eigenvalue weighted by atomic mass is 10.0. The van der Waals surface area contributed by atoms with Crippen LogP contribution in [0.1, 0.15) is 19.3 Å². The molecule has 0 radical (unpaired) electrons. The molecular formula is C11H18N2O3S. The molecule has 2 fully saturated rings. The fourth-order valence-corrected chi connectivity index (χ4v) is 3.26. The van der Waals surface area contributed by atoms with Crippen molar-refractivity contribution in [1.29, 1.82) is 0 Å². The normalized spacial score (nSPS) is 25.8. The summed E-state index contributed by atoms with van der Waals surface area (Å²) in [4.78, 5) is 26.7. The molecule has 0 aromatic heterocycles. The van der Waals surface area contributed by atoms with Crippen LogP contribution in [0.3, 0.4) is 0 Å². The van der Waals surface area contributed by atoms with Gasteiger partial charge in [-0.05, 0) is 19.3 Å². The molecule has 1 N–H and O–H groups in total. The van der Waals surface area contributed by atoms with Crippen molar-refractivity contribution in [2.45, 2.75) is 25.3 Å². The summed E-state index contributed by atoms with van der Waals surface area (Å²) < 4.78 is 0. The molecule has 1 atom stereocenters. The van der Waals surface area contributed by atoms with E-state index < -0.39 is 12.0 Å². The van der Waals surface area contributed by atoms with E-state index in [1.165, 1.54) is 0 Å². The molecule has 6 heteroatoms. The number of carbonyl (C=O) groups is 2. The number of urea groups is 1. The van der Waals surface area contributed by atoms with Gasteiger partial charge in [-0.15, -0.1) is 0 Å². The molecule has 2 heterocycles. The number of likely N-dealkylation sites (tertiary alicyclic amines) is 1. The molecule has 0 aromatic rings. The van der Waals surface area contributed by atoms with E-state index >= 15 is 0 Å². The van der Waals surface area contributed by atoms with Gasteiger partial charge in [-0.1, -0.05) is 0 Å². The molecule has 2 amide bonds. The summed E-state index contributed by atoms with van der Waals surface area (Å²) in [5.74, 6) is 1.04. The molecule has 0 spiro atoms. The third-order valence-electron chi connectivity index (χ3n) is 3.32. The Kier molecular flexibility index (Phi) is 4.15. The third-order valence-corrected chi connectivity index (χ3v) is 4.26. The highest BCUT2D eigenvalue weighted by atomic mass is 32.2. The SMILES string of the molecule is O=C(O)[C@@H]1CCCCN1C(=O)N1CCSCC1. The van der Waals surface area contributed by atoms with Crippen LogP contribution in [0.2, 0.25) is 0 Å². The van der Waals surface area contributed by atoms with E-state index in [0.717, 1.165) is 37.4 Å². The average Bonchev–Trinajstić information content (AvgIpc) is 2.39. The van der Waals surface area contributed by atoms with Crippen molar-refractivity contribution in [3.05, 3.63) is 0 Å². The number of hydrogen-bond acceptors (Lipinski definition) is 3. The maximum Gasteiger partial charge on any atom is 0.326 e. The van der Waals surface area contributed by atoms with Crippen molar-refractivity contribution in [1.82, 2.24) is 9.80 Å². The number of amides is 2. The summed E-state index contributed by atoms with van der Waals surface area (Å²) in [6, 6.07) is -0.705. The van der Waals surface area contributed by atoms with E-state index in [1.807, 2.05) is 11.8 Å². The Morgan fingerprint density at radius 1 is 1.12 bits per heavy atom. The van der Waals surface area contributed by atoms with Crippen molar-refractivity contribution in [2.24, 2.45) is 0 Å². The molecule has 2 aliphatic heterocycles. The van der Waals surface area contributed by atoms with Gasteiger partial charge in [0.1, 0.15) is 6.04 Å². The number of rotatable bonds is 1. The smallest absolute Gasteiger partial charge is 0.326 e. The summed E-state index contributed by atoms with van der Waals surface area (Å²) in [6.45, 7) is 2.07. The molecule has 2 rings (SSSR count). The largest absolute Gasteiger partial charge is 0.480 e. The number of hydrogen-bond donors (Lipinski definition) is 1. The number of aliphatic carboxylic acids is 1. The first kappa shape index (κ1) is 12.5. The summed E-state index contributed by atoms with van der Waals surface area (Å²) in [7, 11) is 0. The highest BCUT2D eigenvalue weighted by Gasteiger charge is 2.34. The van der Waals surface area contributed by atoms with Gasteiger partial charge in [0.15, 0.2) is 0 Å². The Hall–Kier alpha value is -0.910. The van der Waals surface area contributed by atoms with Crippen LogP contribution in [0.15, 0.2) is 0 Å². The molecule has 0 aromatic carbocycles. The lowest BCUT2D eigenvalue weighted by Gasteiger charge is -2.38. The van der Waals surface area contributed by atoms with Gasteiger partial charge in [-0.2, -0.15) is 11.8 Å². The Morgan fingerprint density at radius 3 is 2.47 bits per heavy atom. The lowest BCUT2D eigenvalue weighted by molar-refractivity contribution is -0.143. The number of nitrogens with zero attached hydrogens (tertiary/aromatic N) is 2. The zero-order valence-electron chi connectivity index (χ0n) is 9.80. The van der Waals surface area contributed by atoms with Gasteiger partial charge in [-0.25, -0.2) is 9.59 Å². The van der Waals surface area contributed by atoms with Gasteiger partial charge in [0, 0.05) is 31.1 Å². The zero-order valence-corrected chi connectivity index (χ0v) is 10.6. The molecule has 2 saturated heterocycles. The van der Waals surface area contributed by atoms with E-state index in [9.17, 15) is 9.59 Å². The first-order chi connectivity index (χ1) is 8.20. The van der Waals surface area contributed by atoms with Crippen LogP contribution >= 0.6 is 11.8 Å². The van der Waals surface area contributed by atoms with Crippen molar-refractivity contribution >= 4 is 23.8 Å². The van der Waals surface area contributed by atoms with Crippen LogP contribution in [0.4, 0.5) is 4.79 Å². The highest BCUT2D eigenvalue weighted by Crippen LogP contribution is 2.20. The van der Waals surface area contributed by atoms with Crippen molar-refractivity contribution in [2.75, 3.05) is 31.1 Å². The second-order valence-corrected chi connectivity index (χ2v) is 5.65. The molecule has 0 bridgehead atoms. The van der Waals surface area contributed by atoms with Crippen molar-refractivity contribution in [3.63, 3.8) is 0 Å². The molecule has 0 saturated carbocycles. The summed E-state index contributed by atoms with van der Waals surface area (Å²) in [5, 5.41) is 9.14. The minimum Gasteiger partial charge on any atom is -0.480 e. The van der Waals surface area contributed by atoms with E-state index in [0.29, 0.717) is 13.0 Å². The van der Waals surface area contributed by atoms with Gasteiger partial charge in [0.25, 0.3) is 0 Å². The van der Waals surface area contributed by atoms with Gasteiger partial charge in [0.2, 0.25) is 0 Å². The van der Waals surface area contributed by atoms with Crippen LogP contribution in [0.5, 0.6) is 0 Å². The van der Waals surface area contributed by atoms with Crippen LogP contribution in [0, 0.1) is 0 Å². The van der Waals surface area contributed by atoms with Crippen LogP contribution in [-0.4, -0.2) is 64.1 Å². The highest BCUT2D eigenvalue weighted by molar-refractivity contribution is 7.99. The quantitative estimate of drug-likeness (QED) is 0.765. The predicted octanol–water partition coefficient (Wildman–Crippen LogP) is 1.09. The summed E-state index contributed by atoms with van der Waals surface area (Å²) in [6.07, 6.45) is 2.40. The van der Waals surface area contributed by atoms with Gasteiger partial charge in [0.05, 0.1) is 0 Å². The summed E-state index contributed by atoms with van der Waals surface area (Å²) >= 11 is 1.84. The van der Waals surface area contributed by atoms with Crippen LogP contribution in [0.25, 0.3) is 0 Å². The Bertz CT molecular complexity index is 305. The van der Waals surface area contributed by atoms with Crippen molar-refractivity contribution < 1.29 is 14.7 Å². The van der Waals surface area contributed by atoms with E-state index in [-0.39, 0.29) is 6.03 Å². The molecule has 96 valence electrons. The second kappa shape index (κ2) is 5.62. The zero-order chi connectivity index (χ0) is 12.3. The number of carboxylic acid groups (broad SMARTS) is 1. The second-order valence-electron chi connectivity index (χ2n) is 4.43. The maximum absolute atomic E-state index is 12.2. The van der Waals surface area contributed by atoms with Crippen LogP contribution in [-0.2, 0) is 4.79 Å². The first-order valence-electron chi connectivity index (χ1n) is 6.06. The lowest BCUT2D eigenvalue weighted by Crippen LogP contribution is -2.54. The summed E-state index contributed by atoms with van der Waals surface area (Å²) in [5.41, 5.74) is 0. The molecule has 0 unspecified atom stereocenters. The Labute approximate surface area is 105 Å². The van der Waals surface area contributed by atoms with Gasteiger partial charge in [-0.3, -0.25) is 0 Å². The number of carboxylic acids is 1. The molecule has 5 nitrogen and oxygen atoms in total. The Morgan fingerprint density at radius 2 is 1.82 bits per heavy atom. The monoisotopic (exact) mass is 258 g/mol. The van der Waals surface area contributed by atoms with Crippen LogP contribution < -0.4 is 0 Å². The fourth-order valence-electron chi connectivity index (χ4n) is 2.35. The first-order valence-corrected chi connectivity index (χ1v) is 7.21. The molecule has 0 aliphatic carbocycles. The minimum atomic E-state index is -0.871. The average molecular weight is 258 g/mol. The predicted molar refractivity (Wildman–Crippen MR) is 66.3 cm³/mol. The fraction of sp³-hybridized carbons (Fsp3) is 0.818. The Balaban J connectivity index is 2.02. The van der Waals surface area contributed by atoms with Gasteiger partial charge >= 0.3 is 12.0 Å². The standard InChI is InChI=1S/C11H18N2O3S/c14-10(15)9-3-1-2-4-13(9)11(16)12-5-7-17-8-6-12/h9H,1-8H2,(H,14,15)/t9-/m0/s1. The minimum absolute atomic E-state index is 0.0857. The molecule has 17 heavy (non-hydrogen) atoms. The maximum atomic E-state index is 12.2. The third kappa shape index (κ3) is 2.86. The number of thioether (sulfide) groups is 1. The van der Waals surface area contributed by atoms with Gasteiger partial charge < -0.3 is 14.9 Å².